The fourth-order valence-electron chi connectivity index (χ4n) is 2.93. The first-order valence-corrected chi connectivity index (χ1v) is 6.12. The fourth-order valence-corrected chi connectivity index (χ4v) is 2.93. The Hall–Kier alpha value is -1.22. The highest BCUT2D eigenvalue weighted by Crippen LogP contribution is 2.44. The van der Waals surface area contributed by atoms with Crippen molar-refractivity contribution in [1.82, 2.24) is 0 Å². The molecule has 1 heterocycles. The number of rotatable bonds is 2. The van der Waals surface area contributed by atoms with Gasteiger partial charge < -0.3 is 15.8 Å². The second-order valence-electron chi connectivity index (χ2n) is 4.60. The highest BCUT2D eigenvalue weighted by atomic mass is 16.5. The van der Waals surface area contributed by atoms with Crippen LogP contribution in [0, 0.1) is 0 Å². The van der Waals surface area contributed by atoms with Gasteiger partial charge in [0.15, 0.2) is 0 Å². The number of ether oxygens (including phenoxy) is 1. The van der Waals surface area contributed by atoms with Gasteiger partial charge in [0.1, 0.15) is 12.4 Å². The van der Waals surface area contributed by atoms with E-state index < -0.39 is 0 Å². The summed E-state index contributed by atoms with van der Waals surface area (Å²) in [5, 5.41) is 3.49. The zero-order valence-corrected chi connectivity index (χ0v) is 9.46. The molecule has 0 aromatic heterocycles. The van der Waals surface area contributed by atoms with Crippen LogP contribution in [0.3, 0.4) is 0 Å². The van der Waals surface area contributed by atoms with Crippen LogP contribution < -0.4 is 15.8 Å². The summed E-state index contributed by atoms with van der Waals surface area (Å²) < 4.78 is 5.68. The summed E-state index contributed by atoms with van der Waals surface area (Å²) in [6, 6.07) is 4.32. The Morgan fingerprint density at radius 2 is 2.38 bits per heavy atom. The maximum atomic E-state index is 5.69. The van der Waals surface area contributed by atoms with Crippen LogP contribution in [0.15, 0.2) is 12.1 Å². The molecule has 0 spiro atoms. The summed E-state index contributed by atoms with van der Waals surface area (Å²) in [6.45, 7) is 2.46. The number of aryl methyl sites for hydroxylation is 1. The van der Waals surface area contributed by atoms with Crippen molar-refractivity contribution in [2.45, 2.75) is 25.2 Å². The first kappa shape index (κ1) is 9.97. The Labute approximate surface area is 96.0 Å². The van der Waals surface area contributed by atoms with E-state index in [1.54, 1.807) is 0 Å². The third kappa shape index (κ3) is 1.47. The molecule has 3 heteroatoms. The Balaban J connectivity index is 2.04. The fraction of sp³-hybridized carbons (Fsp3) is 0.538. The predicted molar refractivity (Wildman–Crippen MR) is 65.2 cm³/mol. The molecule has 16 heavy (non-hydrogen) atoms. The van der Waals surface area contributed by atoms with E-state index in [1.807, 2.05) is 0 Å². The highest BCUT2D eigenvalue weighted by Gasteiger charge is 2.28. The molecular weight excluding hydrogens is 200 g/mol. The minimum atomic E-state index is 0.629. The zero-order chi connectivity index (χ0) is 11.0. The van der Waals surface area contributed by atoms with Gasteiger partial charge in [-0.25, -0.2) is 0 Å². The second-order valence-corrected chi connectivity index (χ2v) is 4.60. The van der Waals surface area contributed by atoms with Crippen molar-refractivity contribution in [3.05, 3.63) is 23.3 Å². The minimum Gasteiger partial charge on any atom is -0.490 e. The van der Waals surface area contributed by atoms with Crippen molar-refractivity contribution in [3.8, 4) is 5.75 Å². The molecule has 0 saturated heterocycles. The average Bonchev–Trinajstić information content (AvgIpc) is 2.73. The van der Waals surface area contributed by atoms with Gasteiger partial charge in [-0.1, -0.05) is 6.07 Å². The number of benzene rings is 1. The topological polar surface area (TPSA) is 47.3 Å². The van der Waals surface area contributed by atoms with E-state index in [9.17, 15) is 0 Å². The lowest BCUT2D eigenvalue weighted by molar-refractivity contribution is 0.322. The van der Waals surface area contributed by atoms with Crippen LogP contribution in [0.2, 0.25) is 0 Å². The molecular formula is C13H18N2O. The van der Waals surface area contributed by atoms with Crippen LogP contribution in [0.1, 0.15) is 29.9 Å². The predicted octanol–water partition coefficient (Wildman–Crippen LogP) is 1.87. The maximum absolute atomic E-state index is 5.69. The molecule has 0 amide bonds. The molecule has 3 nitrogen and oxygen atoms in total. The number of nitrogens with one attached hydrogen (secondary N) is 1. The van der Waals surface area contributed by atoms with Crippen molar-refractivity contribution in [3.63, 3.8) is 0 Å². The summed E-state index contributed by atoms with van der Waals surface area (Å²) in [4.78, 5) is 0. The Bertz CT molecular complexity index is 401. The van der Waals surface area contributed by atoms with Crippen molar-refractivity contribution >= 4 is 5.69 Å². The molecule has 0 bridgehead atoms. The van der Waals surface area contributed by atoms with Crippen LogP contribution in [0.4, 0.5) is 5.69 Å². The molecule has 3 N–H and O–H groups in total. The van der Waals surface area contributed by atoms with Crippen molar-refractivity contribution in [1.29, 1.82) is 0 Å². The quantitative estimate of drug-likeness (QED) is 0.796. The lowest BCUT2D eigenvalue weighted by Gasteiger charge is -2.24. The van der Waals surface area contributed by atoms with E-state index in [2.05, 4.69) is 17.4 Å². The summed E-state index contributed by atoms with van der Waals surface area (Å²) in [5.41, 5.74) is 9.88. The van der Waals surface area contributed by atoms with E-state index in [0.717, 1.165) is 31.9 Å². The number of hydrogen-bond acceptors (Lipinski definition) is 3. The van der Waals surface area contributed by atoms with Crippen molar-refractivity contribution < 1.29 is 4.74 Å². The van der Waals surface area contributed by atoms with Crippen molar-refractivity contribution in [2.24, 2.45) is 5.73 Å². The third-order valence-electron chi connectivity index (χ3n) is 3.64. The SMILES string of the molecule is NCCC1CCc2ccc3c(c21)NCCO3. The molecule has 1 atom stereocenters. The first-order valence-electron chi connectivity index (χ1n) is 6.12. The van der Waals surface area contributed by atoms with Gasteiger partial charge in [-0.2, -0.15) is 0 Å². The Morgan fingerprint density at radius 3 is 3.25 bits per heavy atom. The van der Waals surface area contributed by atoms with Gasteiger partial charge in [-0.15, -0.1) is 0 Å². The van der Waals surface area contributed by atoms with Gasteiger partial charge >= 0.3 is 0 Å². The van der Waals surface area contributed by atoms with E-state index >= 15 is 0 Å². The second kappa shape index (κ2) is 3.98. The largest absolute Gasteiger partial charge is 0.490 e. The molecule has 2 aliphatic rings. The van der Waals surface area contributed by atoms with Gasteiger partial charge in [0.25, 0.3) is 0 Å². The van der Waals surface area contributed by atoms with Crippen LogP contribution in [-0.2, 0) is 6.42 Å². The normalized spacial score (nSPS) is 21.9. The lowest BCUT2D eigenvalue weighted by atomic mass is 9.95. The summed E-state index contributed by atoms with van der Waals surface area (Å²) in [7, 11) is 0. The van der Waals surface area contributed by atoms with Gasteiger partial charge in [0.2, 0.25) is 0 Å². The Kier molecular flexibility index (Phi) is 2.48. The minimum absolute atomic E-state index is 0.629. The third-order valence-corrected chi connectivity index (χ3v) is 3.64. The van der Waals surface area contributed by atoms with E-state index in [0.29, 0.717) is 5.92 Å². The molecule has 0 saturated carbocycles. The van der Waals surface area contributed by atoms with Crippen LogP contribution >= 0.6 is 0 Å². The molecule has 1 aromatic carbocycles. The van der Waals surface area contributed by atoms with Crippen molar-refractivity contribution in [2.75, 3.05) is 25.0 Å². The molecule has 86 valence electrons. The van der Waals surface area contributed by atoms with Gasteiger partial charge in [-0.05, 0) is 48.9 Å². The van der Waals surface area contributed by atoms with Gasteiger partial charge in [-0.3, -0.25) is 0 Å². The summed E-state index contributed by atoms with van der Waals surface area (Å²) >= 11 is 0. The summed E-state index contributed by atoms with van der Waals surface area (Å²) in [6.07, 6.45) is 3.52. The molecule has 1 aliphatic carbocycles. The molecule has 0 fully saturated rings. The Morgan fingerprint density at radius 1 is 1.44 bits per heavy atom. The van der Waals surface area contributed by atoms with E-state index in [4.69, 9.17) is 10.5 Å². The molecule has 3 rings (SSSR count). The molecule has 1 unspecified atom stereocenters. The summed E-state index contributed by atoms with van der Waals surface area (Å²) in [5.74, 6) is 1.65. The van der Waals surface area contributed by atoms with Crippen LogP contribution in [0.5, 0.6) is 5.75 Å². The average molecular weight is 218 g/mol. The number of nitrogens with two attached hydrogens (primary N) is 1. The number of fused-ring (bicyclic) bond motifs is 3. The lowest BCUT2D eigenvalue weighted by Crippen LogP contribution is -2.20. The van der Waals surface area contributed by atoms with Crippen LogP contribution in [-0.4, -0.2) is 19.7 Å². The standard InChI is InChI=1S/C13H18N2O/c14-6-5-10-2-1-9-3-4-11-13(12(9)10)15-7-8-16-11/h3-4,10,15H,1-2,5-8,14H2. The monoisotopic (exact) mass is 218 g/mol. The van der Waals surface area contributed by atoms with Crippen LogP contribution in [0.25, 0.3) is 0 Å². The first-order chi connectivity index (χ1) is 7.90. The molecule has 1 aromatic rings. The van der Waals surface area contributed by atoms with Gasteiger partial charge in [0.05, 0.1) is 5.69 Å². The van der Waals surface area contributed by atoms with E-state index in [1.165, 1.54) is 29.7 Å². The molecule has 1 aliphatic heterocycles. The molecule has 0 radical (unpaired) electrons. The maximum Gasteiger partial charge on any atom is 0.142 e. The zero-order valence-electron chi connectivity index (χ0n) is 9.46. The number of anilines is 1. The van der Waals surface area contributed by atoms with E-state index in [-0.39, 0.29) is 0 Å². The smallest absolute Gasteiger partial charge is 0.142 e. The van der Waals surface area contributed by atoms with Gasteiger partial charge in [0, 0.05) is 6.54 Å². The highest BCUT2D eigenvalue weighted by molar-refractivity contribution is 5.68. The number of hydrogen-bond donors (Lipinski definition) is 2.